The molecule has 0 N–H and O–H groups in total. The molecule has 3 aliphatic rings. The van der Waals surface area contributed by atoms with E-state index in [1.807, 2.05) is 39.0 Å². The zero-order valence-electron chi connectivity index (χ0n) is 15.8. The lowest BCUT2D eigenvalue weighted by Gasteiger charge is -2.34. The maximum Gasteiger partial charge on any atom is 0.315 e. The summed E-state index contributed by atoms with van der Waals surface area (Å²) in [6, 6.07) is 5.60. The van der Waals surface area contributed by atoms with Gasteiger partial charge in [-0.2, -0.15) is 0 Å². The van der Waals surface area contributed by atoms with Gasteiger partial charge in [-0.05, 0) is 51.3 Å². The van der Waals surface area contributed by atoms with Crippen molar-refractivity contribution in [2.75, 3.05) is 6.79 Å². The predicted octanol–water partition coefficient (Wildman–Crippen LogP) is 3.55. The Bertz CT molecular complexity index is 867. The van der Waals surface area contributed by atoms with E-state index in [1.165, 1.54) is 0 Å². The molecule has 4 rings (SSSR count). The van der Waals surface area contributed by atoms with E-state index < -0.39 is 11.8 Å². The second kappa shape index (κ2) is 6.83. The Morgan fingerprint density at radius 1 is 1.22 bits per heavy atom. The van der Waals surface area contributed by atoms with E-state index in [1.54, 1.807) is 0 Å². The molecule has 2 aliphatic heterocycles. The lowest BCUT2D eigenvalue weighted by Crippen LogP contribution is -2.38. The van der Waals surface area contributed by atoms with Gasteiger partial charge in [-0.15, -0.1) is 0 Å². The molecule has 1 aliphatic carbocycles. The van der Waals surface area contributed by atoms with Crippen LogP contribution in [0.4, 0.5) is 0 Å². The first-order chi connectivity index (χ1) is 13.0. The zero-order chi connectivity index (χ0) is 19.1. The summed E-state index contributed by atoms with van der Waals surface area (Å²) < 4.78 is 16.4. The van der Waals surface area contributed by atoms with Gasteiger partial charge in [0.15, 0.2) is 17.3 Å². The number of rotatable bonds is 3. The molecule has 6 nitrogen and oxygen atoms in total. The van der Waals surface area contributed by atoms with E-state index in [9.17, 15) is 9.59 Å². The predicted molar refractivity (Wildman–Crippen MR) is 99.0 cm³/mol. The summed E-state index contributed by atoms with van der Waals surface area (Å²) in [6.07, 6.45) is 1.80. The van der Waals surface area contributed by atoms with Gasteiger partial charge in [-0.1, -0.05) is 6.07 Å². The molecule has 2 heterocycles. The van der Waals surface area contributed by atoms with Crippen molar-refractivity contribution in [3.05, 3.63) is 35.0 Å². The minimum atomic E-state index is -0.617. The number of allylic oxidation sites excluding steroid dienone is 2. The fourth-order valence-corrected chi connectivity index (χ4v) is 4.08. The fourth-order valence-electron chi connectivity index (χ4n) is 4.08. The van der Waals surface area contributed by atoms with Gasteiger partial charge in [-0.25, -0.2) is 0 Å². The van der Waals surface area contributed by atoms with Gasteiger partial charge in [0.05, 0.1) is 6.10 Å². The maximum absolute atomic E-state index is 12.9. The van der Waals surface area contributed by atoms with Crippen LogP contribution in [-0.2, 0) is 14.3 Å². The van der Waals surface area contributed by atoms with Crippen molar-refractivity contribution in [1.82, 2.24) is 0 Å². The molecule has 0 radical (unpaired) electrons. The summed E-state index contributed by atoms with van der Waals surface area (Å²) in [4.78, 5) is 30.4. The van der Waals surface area contributed by atoms with Gasteiger partial charge >= 0.3 is 5.97 Å². The molecule has 0 saturated carbocycles. The first-order valence-electron chi connectivity index (χ1n) is 9.37. The van der Waals surface area contributed by atoms with E-state index in [0.717, 1.165) is 24.1 Å². The lowest BCUT2D eigenvalue weighted by atomic mass is 9.71. The number of nitrogens with zero attached hydrogens (tertiary/aromatic N) is 1. The number of ketones is 1. The Labute approximate surface area is 158 Å². The quantitative estimate of drug-likeness (QED) is 0.762. The number of hydrogen-bond donors (Lipinski definition) is 0. The van der Waals surface area contributed by atoms with Crippen LogP contribution in [0.3, 0.4) is 0 Å². The minimum Gasteiger partial charge on any atom is -0.462 e. The van der Waals surface area contributed by atoms with Crippen LogP contribution in [0, 0.1) is 5.92 Å². The van der Waals surface area contributed by atoms with Crippen molar-refractivity contribution < 1.29 is 23.8 Å². The van der Waals surface area contributed by atoms with E-state index in [-0.39, 0.29) is 24.6 Å². The normalized spacial score (nSPS) is 24.0. The Balaban J connectivity index is 1.83. The van der Waals surface area contributed by atoms with Crippen molar-refractivity contribution in [2.24, 2.45) is 10.9 Å². The Morgan fingerprint density at radius 2 is 2.00 bits per heavy atom. The smallest absolute Gasteiger partial charge is 0.315 e. The third-order valence-electron chi connectivity index (χ3n) is 5.20. The second-order valence-electron chi connectivity index (χ2n) is 7.44. The van der Waals surface area contributed by atoms with Crippen LogP contribution < -0.4 is 9.47 Å². The first kappa shape index (κ1) is 17.8. The van der Waals surface area contributed by atoms with Gasteiger partial charge < -0.3 is 14.2 Å². The third kappa shape index (κ3) is 3.13. The zero-order valence-corrected chi connectivity index (χ0v) is 15.8. The number of aliphatic imine (C=N–C) groups is 1. The Hall–Kier alpha value is -2.63. The highest BCUT2D eigenvalue weighted by Gasteiger charge is 2.43. The standard InChI is InChI=1S/C21H23NO5/c1-11(2)27-21(24)18-12(3)22-14-5-4-6-15(23)20(14)19(18)13-7-8-16-17(9-13)26-10-25-16/h7-9,11,18-19H,4-6,10H2,1-3H3/t18?,19-/m0/s1. The van der Waals surface area contributed by atoms with Crippen LogP contribution in [0.1, 0.15) is 51.5 Å². The number of fused-ring (bicyclic) bond motifs is 1. The molecule has 0 fully saturated rings. The fraction of sp³-hybridized carbons (Fsp3) is 0.476. The van der Waals surface area contributed by atoms with Crippen molar-refractivity contribution >= 4 is 17.5 Å². The molecule has 1 aromatic rings. The van der Waals surface area contributed by atoms with Crippen LogP contribution >= 0.6 is 0 Å². The first-order valence-corrected chi connectivity index (χ1v) is 9.37. The number of esters is 1. The van der Waals surface area contributed by atoms with Crippen molar-refractivity contribution in [2.45, 2.75) is 52.1 Å². The third-order valence-corrected chi connectivity index (χ3v) is 5.20. The molecule has 0 bridgehead atoms. The highest BCUT2D eigenvalue weighted by Crippen LogP contribution is 2.46. The van der Waals surface area contributed by atoms with Crippen molar-refractivity contribution in [1.29, 1.82) is 0 Å². The number of carbonyl (C=O) groups excluding carboxylic acids is 2. The number of carbonyl (C=O) groups is 2. The Kier molecular flexibility index (Phi) is 4.50. The molecule has 1 unspecified atom stereocenters. The lowest BCUT2D eigenvalue weighted by molar-refractivity contribution is -0.150. The average Bonchev–Trinajstić information content (AvgIpc) is 3.07. The molecule has 1 aromatic carbocycles. The van der Waals surface area contributed by atoms with Crippen LogP contribution in [-0.4, -0.2) is 30.4 Å². The van der Waals surface area contributed by atoms with Crippen LogP contribution in [0.5, 0.6) is 11.5 Å². The van der Waals surface area contributed by atoms with Gasteiger partial charge in [0.25, 0.3) is 0 Å². The van der Waals surface area contributed by atoms with E-state index in [0.29, 0.717) is 29.2 Å². The average molecular weight is 369 g/mol. The van der Waals surface area contributed by atoms with Crippen molar-refractivity contribution in [3.63, 3.8) is 0 Å². The molecule has 0 aromatic heterocycles. The maximum atomic E-state index is 12.9. The van der Waals surface area contributed by atoms with Gasteiger partial charge in [0.2, 0.25) is 6.79 Å². The largest absolute Gasteiger partial charge is 0.462 e. The molecule has 0 saturated heterocycles. The number of hydrogen-bond acceptors (Lipinski definition) is 6. The topological polar surface area (TPSA) is 74.2 Å². The van der Waals surface area contributed by atoms with Crippen LogP contribution in [0.2, 0.25) is 0 Å². The highest BCUT2D eigenvalue weighted by atomic mass is 16.7. The summed E-state index contributed by atoms with van der Waals surface area (Å²) in [5.74, 6) is -0.00421. The van der Waals surface area contributed by atoms with Gasteiger partial charge in [0, 0.05) is 29.3 Å². The molecule has 142 valence electrons. The summed E-state index contributed by atoms with van der Waals surface area (Å²) >= 11 is 0. The summed E-state index contributed by atoms with van der Waals surface area (Å²) in [5.41, 5.74) is 3.00. The highest BCUT2D eigenvalue weighted by molar-refractivity contribution is 6.08. The van der Waals surface area contributed by atoms with Crippen molar-refractivity contribution in [3.8, 4) is 11.5 Å². The van der Waals surface area contributed by atoms with E-state index in [4.69, 9.17) is 14.2 Å². The van der Waals surface area contributed by atoms with E-state index in [2.05, 4.69) is 4.99 Å². The number of benzene rings is 1. The van der Waals surface area contributed by atoms with Crippen LogP contribution in [0.15, 0.2) is 34.5 Å². The summed E-state index contributed by atoms with van der Waals surface area (Å²) in [5, 5.41) is 0. The van der Waals surface area contributed by atoms with Crippen LogP contribution in [0.25, 0.3) is 0 Å². The number of Topliss-reactive ketones (excluding diaryl/α,β-unsaturated/α-hetero) is 1. The monoisotopic (exact) mass is 369 g/mol. The second-order valence-corrected chi connectivity index (χ2v) is 7.44. The molecule has 2 atom stereocenters. The Morgan fingerprint density at radius 3 is 2.78 bits per heavy atom. The van der Waals surface area contributed by atoms with E-state index >= 15 is 0 Å². The van der Waals surface area contributed by atoms with Gasteiger partial charge in [-0.3, -0.25) is 14.6 Å². The number of ether oxygens (including phenoxy) is 3. The summed E-state index contributed by atoms with van der Waals surface area (Å²) in [6.45, 7) is 5.66. The summed E-state index contributed by atoms with van der Waals surface area (Å²) in [7, 11) is 0. The molecular weight excluding hydrogens is 346 g/mol. The minimum absolute atomic E-state index is 0.0671. The molecule has 0 amide bonds. The van der Waals surface area contributed by atoms with Gasteiger partial charge in [0.1, 0.15) is 5.92 Å². The SMILES string of the molecule is CC1=NC2=C(C(=O)CCC2)[C@@H](c2ccc3c(c2)OCO3)C1C(=O)OC(C)C. The molecular formula is C21H23NO5. The molecule has 6 heteroatoms. The molecule has 27 heavy (non-hydrogen) atoms. The molecule has 0 spiro atoms.